The van der Waals surface area contributed by atoms with Gasteiger partial charge in [0.15, 0.2) is 6.61 Å². The summed E-state index contributed by atoms with van der Waals surface area (Å²) >= 11 is 5.66. The minimum absolute atomic E-state index is 0.00896. The number of benzene rings is 1. The Bertz CT molecular complexity index is 896. The molecule has 6 rings (SSSR count). The van der Waals surface area contributed by atoms with Crippen molar-refractivity contribution in [3.63, 3.8) is 0 Å². The molecule has 5 aliphatic rings. The summed E-state index contributed by atoms with van der Waals surface area (Å²) in [6.45, 7) is 1.41. The molecular formula is C22H29ClFN5O3. The van der Waals surface area contributed by atoms with Gasteiger partial charge in [-0.3, -0.25) is 20.2 Å². The number of amides is 2. The Morgan fingerprint density at radius 2 is 2.09 bits per heavy atom. The molecule has 174 valence electrons. The zero-order valence-electron chi connectivity index (χ0n) is 17.8. The van der Waals surface area contributed by atoms with E-state index in [4.69, 9.17) is 16.3 Å². The highest BCUT2D eigenvalue weighted by Crippen LogP contribution is 2.52. The molecule has 2 bridgehead atoms. The molecular weight excluding hydrogens is 437 g/mol. The lowest BCUT2D eigenvalue weighted by Crippen LogP contribution is -2.70. The van der Waals surface area contributed by atoms with Gasteiger partial charge in [-0.25, -0.2) is 4.39 Å². The van der Waals surface area contributed by atoms with Gasteiger partial charge in [0.1, 0.15) is 11.6 Å². The predicted molar refractivity (Wildman–Crippen MR) is 117 cm³/mol. The molecule has 2 heterocycles. The number of halogens is 2. The molecule has 0 spiro atoms. The van der Waals surface area contributed by atoms with Gasteiger partial charge in [-0.2, -0.15) is 0 Å². The average molecular weight is 466 g/mol. The molecule has 32 heavy (non-hydrogen) atoms. The second-order valence-electron chi connectivity index (χ2n) is 9.49. The minimum Gasteiger partial charge on any atom is -0.484 e. The maximum atomic E-state index is 13.5. The molecule has 10 heteroatoms. The van der Waals surface area contributed by atoms with Crippen LogP contribution in [0.4, 0.5) is 4.39 Å². The quantitative estimate of drug-likeness (QED) is 0.423. The van der Waals surface area contributed by atoms with Crippen molar-refractivity contribution < 1.29 is 18.7 Å². The standard InChI is InChI=1S/C22H29ClFN5O3/c23-14-4-3-13(6-15(14)24)32-11-19(30)29-22-7-12(8-22)17(9-22)28-21(31)18-10-26-20-16(27-18)2-1-5-25-20/h3-4,6,12,16-18,20,25-27H,1-2,5,7-11H2,(H,28,31)(H,29,30). The van der Waals surface area contributed by atoms with Gasteiger partial charge in [0.2, 0.25) is 5.91 Å². The molecule has 4 unspecified atom stereocenters. The summed E-state index contributed by atoms with van der Waals surface area (Å²) < 4.78 is 18.9. The van der Waals surface area contributed by atoms with Crippen LogP contribution in [-0.2, 0) is 9.59 Å². The summed E-state index contributed by atoms with van der Waals surface area (Å²) in [4.78, 5) is 25.2. The van der Waals surface area contributed by atoms with Crippen molar-refractivity contribution in [2.24, 2.45) is 5.92 Å². The lowest BCUT2D eigenvalue weighted by atomic mass is 9.76. The number of carbonyl (C=O) groups is 2. The van der Waals surface area contributed by atoms with Gasteiger partial charge in [0.25, 0.3) is 5.91 Å². The van der Waals surface area contributed by atoms with E-state index in [9.17, 15) is 14.0 Å². The molecule has 0 radical (unpaired) electrons. The number of ether oxygens (including phenoxy) is 1. The fourth-order valence-electron chi connectivity index (χ4n) is 5.65. The third kappa shape index (κ3) is 4.44. The molecule has 2 aliphatic heterocycles. The number of hydrogen-bond acceptors (Lipinski definition) is 6. The zero-order valence-corrected chi connectivity index (χ0v) is 18.5. The first kappa shape index (κ1) is 21.9. The van der Waals surface area contributed by atoms with Gasteiger partial charge in [-0.1, -0.05) is 11.6 Å². The van der Waals surface area contributed by atoms with Gasteiger partial charge in [-0.15, -0.1) is 0 Å². The van der Waals surface area contributed by atoms with Crippen molar-refractivity contribution >= 4 is 23.4 Å². The van der Waals surface area contributed by atoms with Crippen molar-refractivity contribution in [1.82, 2.24) is 26.6 Å². The summed E-state index contributed by atoms with van der Waals surface area (Å²) in [6.07, 6.45) is 4.82. The normalized spacial score (nSPS) is 35.4. The number of carbonyl (C=O) groups excluding carboxylic acids is 2. The molecule has 0 aromatic heterocycles. The highest BCUT2D eigenvalue weighted by molar-refractivity contribution is 6.30. The number of hydrogen-bond donors (Lipinski definition) is 5. The topological polar surface area (TPSA) is 104 Å². The van der Waals surface area contributed by atoms with Gasteiger partial charge in [-0.05, 0) is 56.7 Å². The number of fused-ring (bicyclic) bond motifs is 2. The largest absolute Gasteiger partial charge is 0.484 e. The molecule has 8 nitrogen and oxygen atoms in total. The van der Waals surface area contributed by atoms with Crippen molar-refractivity contribution in [1.29, 1.82) is 0 Å². The highest BCUT2D eigenvalue weighted by atomic mass is 35.5. The van der Waals surface area contributed by atoms with Crippen LogP contribution >= 0.6 is 11.6 Å². The number of piperazine rings is 1. The third-order valence-electron chi connectivity index (χ3n) is 7.21. The third-order valence-corrected chi connectivity index (χ3v) is 7.52. The van der Waals surface area contributed by atoms with E-state index in [1.165, 1.54) is 12.1 Å². The SMILES string of the molecule is O=C(COc1ccc(Cl)c(F)c1)NC12CC(C1)C(NC(=O)C1CNC3NCCCC3N1)C2. The first-order valence-corrected chi connectivity index (χ1v) is 11.7. The van der Waals surface area contributed by atoms with E-state index in [1.807, 2.05) is 0 Å². The second kappa shape index (κ2) is 8.78. The van der Waals surface area contributed by atoms with Crippen LogP contribution in [0.2, 0.25) is 5.02 Å². The zero-order chi connectivity index (χ0) is 22.3. The molecule has 5 N–H and O–H groups in total. The maximum absolute atomic E-state index is 13.5. The predicted octanol–water partition coefficient (Wildman–Crippen LogP) is 0.651. The van der Waals surface area contributed by atoms with Crippen molar-refractivity contribution in [3.05, 3.63) is 29.0 Å². The van der Waals surface area contributed by atoms with Crippen LogP contribution in [0.25, 0.3) is 0 Å². The van der Waals surface area contributed by atoms with E-state index in [-0.39, 0.29) is 59.0 Å². The Labute approximate surface area is 191 Å². The minimum atomic E-state index is -0.586. The Morgan fingerprint density at radius 1 is 1.25 bits per heavy atom. The Hall–Kier alpha value is -1.94. The van der Waals surface area contributed by atoms with E-state index in [0.717, 1.165) is 44.7 Å². The first-order valence-electron chi connectivity index (χ1n) is 11.3. The van der Waals surface area contributed by atoms with Crippen LogP contribution in [0.1, 0.15) is 32.1 Å². The molecule has 2 amide bonds. The fraction of sp³-hybridized carbons (Fsp3) is 0.636. The summed E-state index contributed by atoms with van der Waals surface area (Å²) in [5, 5.41) is 16.6. The van der Waals surface area contributed by atoms with Crippen molar-refractivity contribution in [2.75, 3.05) is 19.7 Å². The molecule has 5 fully saturated rings. The molecule has 4 atom stereocenters. The van der Waals surface area contributed by atoms with Crippen molar-refractivity contribution in [3.8, 4) is 5.75 Å². The molecule has 1 aromatic rings. The van der Waals surface area contributed by atoms with Gasteiger partial charge in [0, 0.05) is 30.2 Å². The van der Waals surface area contributed by atoms with Crippen LogP contribution in [0.3, 0.4) is 0 Å². The molecule has 3 saturated carbocycles. The van der Waals surface area contributed by atoms with E-state index in [0.29, 0.717) is 12.5 Å². The monoisotopic (exact) mass is 465 g/mol. The highest BCUT2D eigenvalue weighted by Gasteiger charge is 2.57. The van der Waals surface area contributed by atoms with Gasteiger partial charge in [0.05, 0.1) is 17.2 Å². The average Bonchev–Trinajstić information content (AvgIpc) is 3.27. The Balaban J connectivity index is 1.08. The van der Waals surface area contributed by atoms with Crippen LogP contribution in [0, 0.1) is 11.7 Å². The van der Waals surface area contributed by atoms with E-state index in [2.05, 4.69) is 26.6 Å². The van der Waals surface area contributed by atoms with Crippen LogP contribution in [0.5, 0.6) is 5.75 Å². The molecule has 2 saturated heterocycles. The summed E-state index contributed by atoms with van der Waals surface area (Å²) in [5.74, 6) is -0.177. The maximum Gasteiger partial charge on any atom is 0.258 e. The van der Waals surface area contributed by atoms with Gasteiger partial charge >= 0.3 is 0 Å². The van der Waals surface area contributed by atoms with Gasteiger partial charge < -0.3 is 20.7 Å². The number of piperidine rings is 1. The Kier molecular flexibility index (Phi) is 6.00. The van der Waals surface area contributed by atoms with Crippen LogP contribution in [0.15, 0.2) is 18.2 Å². The lowest BCUT2D eigenvalue weighted by Gasteiger charge is -2.41. The van der Waals surface area contributed by atoms with E-state index < -0.39 is 5.82 Å². The van der Waals surface area contributed by atoms with E-state index >= 15 is 0 Å². The lowest BCUT2D eigenvalue weighted by molar-refractivity contribution is -0.126. The summed E-state index contributed by atoms with van der Waals surface area (Å²) in [6, 6.07) is 4.17. The number of nitrogens with one attached hydrogen (secondary N) is 5. The summed E-state index contributed by atoms with van der Waals surface area (Å²) in [7, 11) is 0. The fourth-order valence-corrected chi connectivity index (χ4v) is 5.77. The molecule has 1 aromatic carbocycles. The van der Waals surface area contributed by atoms with Crippen molar-refractivity contribution in [2.45, 2.75) is 61.9 Å². The second-order valence-corrected chi connectivity index (χ2v) is 9.90. The van der Waals surface area contributed by atoms with Crippen LogP contribution < -0.4 is 31.3 Å². The first-order chi connectivity index (χ1) is 15.4. The number of rotatable bonds is 6. The molecule has 3 aliphatic carbocycles. The smallest absolute Gasteiger partial charge is 0.258 e. The summed E-state index contributed by atoms with van der Waals surface area (Å²) in [5.41, 5.74) is -0.287. The van der Waals surface area contributed by atoms with Crippen LogP contribution in [-0.4, -0.2) is 61.3 Å². The Morgan fingerprint density at radius 3 is 2.91 bits per heavy atom. The van der Waals surface area contributed by atoms with E-state index in [1.54, 1.807) is 0 Å².